The highest BCUT2D eigenvalue weighted by Gasteiger charge is 2.26. The minimum Gasteiger partial charge on any atom is -0.356 e. The van der Waals surface area contributed by atoms with Gasteiger partial charge in [-0.25, -0.2) is 0 Å². The second-order valence-electron chi connectivity index (χ2n) is 6.53. The molecule has 0 bridgehead atoms. The molecule has 0 aromatic carbocycles. The molecule has 1 aliphatic heterocycles. The summed E-state index contributed by atoms with van der Waals surface area (Å²) in [5, 5.41) is 5.60. The lowest BCUT2D eigenvalue weighted by molar-refractivity contribution is -0.124. The Bertz CT molecular complexity index is 421. The standard InChI is InChI=1S/C17H30IN3O3/c1-13-5-3-6-14(2)21(13)12-17(24)20-10-8-16(23)19-9-4-7-15(22)11-18/h13-14H,3-12H2,1-2H3,(H,19,23)(H,20,24). The molecule has 0 aromatic heterocycles. The van der Waals surface area contributed by atoms with Gasteiger partial charge in [-0.3, -0.25) is 19.3 Å². The van der Waals surface area contributed by atoms with Gasteiger partial charge in [-0.15, -0.1) is 0 Å². The first-order valence-electron chi connectivity index (χ1n) is 8.80. The predicted octanol–water partition coefficient (Wildman–Crippen LogP) is 1.66. The van der Waals surface area contributed by atoms with Crippen LogP contribution >= 0.6 is 22.6 Å². The first kappa shape index (κ1) is 21.3. The van der Waals surface area contributed by atoms with Crippen LogP contribution in [0.1, 0.15) is 52.4 Å². The van der Waals surface area contributed by atoms with Crippen molar-refractivity contribution in [1.82, 2.24) is 15.5 Å². The lowest BCUT2D eigenvalue weighted by Gasteiger charge is -2.38. The van der Waals surface area contributed by atoms with Gasteiger partial charge in [-0.05, 0) is 33.1 Å². The summed E-state index contributed by atoms with van der Waals surface area (Å²) in [6, 6.07) is 0.876. The Balaban J connectivity index is 2.11. The Morgan fingerprint density at radius 3 is 2.25 bits per heavy atom. The van der Waals surface area contributed by atoms with Gasteiger partial charge in [-0.1, -0.05) is 29.0 Å². The van der Waals surface area contributed by atoms with E-state index in [1.165, 1.54) is 6.42 Å². The van der Waals surface area contributed by atoms with Crippen LogP contribution in [0, 0.1) is 0 Å². The summed E-state index contributed by atoms with van der Waals surface area (Å²) in [7, 11) is 0. The zero-order valence-electron chi connectivity index (χ0n) is 14.8. The fourth-order valence-corrected chi connectivity index (χ4v) is 3.37. The van der Waals surface area contributed by atoms with E-state index >= 15 is 0 Å². The number of nitrogens with zero attached hydrogens (tertiary/aromatic N) is 1. The fourth-order valence-electron chi connectivity index (χ4n) is 2.99. The molecule has 6 nitrogen and oxygen atoms in total. The summed E-state index contributed by atoms with van der Waals surface area (Å²) in [6.45, 7) is 5.60. The van der Waals surface area contributed by atoms with Crippen molar-refractivity contribution >= 4 is 40.2 Å². The van der Waals surface area contributed by atoms with Crippen molar-refractivity contribution in [3.8, 4) is 0 Å². The summed E-state index contributed by atoms with van der Waals surface area (Å²) in [6.07, 6.45) is 4.96. The monoisotopic (exact) mass is 451 g/mol. The Labute approximate surface area is 158 Å². The second kappa shape index (κ2) is 11.8. The first-order valence-corrected chi connectivity index (χ1v) is 10.3. The summed E-state index contributed by atoms with van der Waals surface area (Å²) in [4.78, 5) is 37.1. The highest BCUT2D eigenvalue weighted by Crippen LogP contribution is 2.21. The molecule has 24 heavy (non-hydrogen) atoms. The molecule has 1 saturated heterocycles. The number of alkyl halides is 1. The van der Waals surface area contributed by atoms with Crippen molar-refractivity contribution in [2.45, 2.75) is 64.5 Å². The van der Waals surface area contributed by atoms with E-state index in [4.69, 9.17) is 0 Å². The van der Waals surface area contributed by atoms with Crippen LogP contribution in [0.2, 0.25) is 0 Å². The minimum atomic E-state index is -0.0862. The average molecular weight is 451 g/mol. The number of hydrogen-bond acceptors (Lipinski definition) is 4. The van der Waals surface area contributed by atoms with Crippen molar-refractivity contribution in [3.63, 3.8) is 0 Å². The number of halogens is 1. The lowest BCUT2D eigenvalue weighted by Crippen LogP contribution is -2.49. The number of nitrogens with one attached hydrogen (secondary N) is 2. The number of rotatable bonds is 10. The molecule has 0 spiro atoms. The largest absolute Gasteiger partial charge is 0.356 e. The van der Waals surface area contributed by atoms with Gasteiger partial charge in [0.2, 0.25) is 11.8 Å². The first-order chi connectivity index (χ1) is 11.4. The maximum atomic E-state index is 12.0. The second-order valence-corrected chi connectivity index (χ2v) is 7.29. The van der Waals surface area contributed by atoms with Crippen LogP contribution in [0.3, 0.4) is 0 Å². The minimum absolute atomic E-state index is 0.0176. The summed E-state index contributed by atoms with van der Waals surface area (Å²) in [5.41, 5.74) is 0. The molecule has 1 rings (SSSR count). The summed E-state index contributed by atoms with van der Waals surface area (Å²) < 4.78 is 0.520. The molecular weight excluding hydrogens is 421 g/mol. The number of ketones is 1. The van der Waals surface area contributed by atoms with E-state index in [-0.39, 0.29) is 24.0 Å². The third-order valence-corrected chi connectivity index (χ3v) is 5.33. The normalized spacial score (nSPS) is 21.3. The highest BCUT2D eigenvalue weighted by molar-refractivity contribution is 14.1. The Kier molecular flexibility index (Phi) is 10.5. The van der Waals surface area contributed by atoms with Crippen molar-refractivity contribution in [2.24, 2.45) is 0 Å². The molecule has 2 atom stereocenters. The molecule has 1 heterocycles. The maximum Gasteiger partial charge on any atom is 0.234 e. The Morgan fingerprint density at radius 1 is 1.00 bits per heavy atom. The summed E-state index contributed by atoms with van der Waals surface area (Å²) in [5.74, 6) is 0.103. The molecule has 1 fully saturated rings. The smallest absolute Gasteiger partial charge is 0.234 e. The van der Waals surface area contributed by atoms with Crippen LogP contribution in [0.25, 0.3) is 0 Å². The van der Waals surface area contributed by atoms with E-state index in [9.17, 15) is 14.4 Å². The van der Waals surface area contributed by atoms with Gasteiger partial charge in [0.1, 0.15) is 5.78 Å². The number of piperidine rings is 1. The molecule has 0 aliphatic carbocycles. The van der Waals surface area contributed by atoms with Gasteiger partial charge in [0.25, 0.3) is 0 Å². The third kappa shape index (κ3) is 8.41. The number of hydrogen-bond donors (Lipinski definition) is 2. The van der Waals surface area contributed by atoms with E-state index in [2.05, 4.69) is 29.4 Å². The van der Waals surface area contributed by atoms with E-state index in [1.807, 2.05) is 22.6 Å². The molecule has 7 heteroatoms. The molecular formula is C17H30IN3O3. The third-order valence-electron chi connectivity index (χ3n) is 4.48. The molecule has 0 saturated carbocycles. The molecule has 2 N–H and O–H groups in total. The highest BCUT2D eigenvalue weighted by atomic mass is 127. The number of carbonyl (C=O) groups is 3. The van der Waals surface area contributed by atoms with Crippen LogP contribution in [-0.2, 0) is 14.4 Å². The predicted molar refractivity (Wildman–Crippen MR) is 103 cm³/mol. The molecule has 2 amide bonds. The molecule has 1 aliphatic rings. The lowest BCUT2D eigenvalue weighted by atomic mass is 9.97. The zero-order chi connectivity index (χ0) is 17.9. The van der Waals surface area contributed by atoms with Gasteiger partial charge < -0.3 is 10.6 Å². The Morgan fingerprint density at radius 2 is 1.62 bits per heavy atom. The average Bonchev–Trinajstić information content (AvgIpc) is 2.55. The van der Waals surface area contributed by atoms with E-state index < -0.39 is 0 Å². The SMILES string of the molecule is CC1CCCC(C)N1CC(=O)NCCC(=O)NCCCC(=O)CI. The number of carbonyl (C=O) groups excluding carboxylic acids is 3. The number of likely N-dealkylation sites (tertiary alicyclic amines) is 1. The van der Waals surface area contributed by atoms with Gasteiger partial charge in [0.15, 0.2) is 0 Å². The van der Waals surface area contributed by atoms with Gasteiger partial charge in [-0.2, -0.15) is 0 Å². The van der Waals surface area contributed by atoms with E-state index in [0.29, 0.717) is 49.0 Å². The van der Waals surface area contributed by atoms with Crippen LogP contribution in [0.4, 0.5) is 0 Å². The van der Waals surface area contributed by atoms with Gasteiger partial charge in [0, 0.05) is 38.0 Å². The quantitative estimate of drug-likeness (QED) is 0.301. The van der Waals surface area contributed by atoms with E-state index in [0.717, 1.165) is 12.8 Å². The topological polar surface area (TPSA) is 78.5 Å². The van der Waals surface area contributed by atoms with Crippen LogP contribution < -0.4 is 10.6 Å². The van der Waals surface area contributed by atoms with Crippen molar-refractivity contribution in [1.29, 1.82) is 0 Å². The van der Waals surface area contributed by atoms with E-state index in [1.54, 1.807) is 0 Å². The van der Waals surface area contributed by atoms with Crippen molar-refractivity contribution in [3.05, 3.63) is 0 Å². The molecule has 0 aromatic rings. The number of Topliss-reactive ketones (excluding diaryl/α,β-unsaturated/α-hetero) is 1. The number of amides is 2. The molecule has 138 valence electrons. The van der Waals surface area contributed by atoms with Crippen LogP contribution in [0.15, 0.2) is 0 Å². The fraction of sp³-hybridized carbons (Fsp3) is 0.824. The Hall–Kier alpha value is -0.700. The van der Waals surface area contributed by atoms with Gasteiger partial charge >= 0.3 is 0 Å². The van der Waals surface area contributed by atoms with Crippen LogP contribution in [0.5, 0.6) is 0 Å². The van der Waals surface area contributed by atoms with Crippen molar-refractivity contribution in [2.75, 3.05) is 24.1 Å². The van der Waals surface area contributed by atoms with Crippen LogP contribution in [-0.4, -0.2) is 58.6 Å². The molecule has 2 unspecified atom stereocenters. The maximum absolute atomic E-state index is 12.0. The van der Waals surface area contributed by atoms with Gasteiger partial charge in [0.05, 0.1) is 11.0 Å². The summed E-state index contributed by atoms with van der Waals surface area (Å²) >= 11 is 2.04. The van der Waals surface area contributed by atoms with Crippen molar-refractivity contribution < 1.29 is 14.4 Å². The zero-order valence-corrected chi connectivity index (χ0v) is 16.9. The molecule has 0 radical (unpaired) electrons.